The fourth-order valence-corrected chi connectivity index (χ4v) is 3.43. The number of aryl methyl sites for hydroxylation is 1. The Kier molecular flexibility index (Phi) is 4.01. The van der Waals surface area contributed by atoms with Crippen molar-refractivity contribution in [3.05, 3.63) is 65.7 Å². The minimum absolute atomic E-state index is 0.181. The van der Waals surface area contributed by atoms with Crippen LogP contribution in [-0.4, -0.2) is 22.1 Å². The monoisotopic (exact) mass is 336 g/mol. The Morgan fingerprint density at radius 2 is 2.12 bits per heavy atom. The molecule has 128 valence electrons. The van der Waals surface area contributed by atoms with E-state index in [0.717, 1.165) is 22.2 Å². The van der Waals surface area contributed by atoms with Crippen molar-refractivity contribution in [3.8, 4) is 0 Å². The zero-order valence-electron chi connectivity index (χ0n) is 14.0. The molecule has 1 unspecified atom stereocenters. The van der Waals surface area contributed by atoms with Crippen LogP contribution >= 0.6 is 0 Å². The van der Waals surface area contributed by atoms with Gasteiger partial charge in [-0.05, 0) is 49.4 Å². The Morgan fingerprint density at radius 3 is 2.80 bits per heavy atom. The van der Waals surface area contributed by atoms with E-state index in [2.05, 4.69) is 10.3 Å². The number of para-hydroxylation sites is 1. The molecule has 2 heterocycles. The topological polar surface area (TPSA) is 75.4 Å². The molecule has 1 fully saturated rings. The quantitative estimate of drug-likeness (QED) is 0.766. The lowest BCUT2D eigenvalue weighted by Crippen LogP contribution is -2.41. The van der Waals surface area contributed by atoms with Crippen molar-refractivity contribution in [2.45, 2.75) is 31.9 Å². The summed E-state index contributed by atoms with van der Waals surface area (Å²) in [5, 5.41) is 13.6. The minimum atomic E-state index is -0.290. The van der Waals surface area contributed by atoms with Crippen LogP contribution in [0.2, 0.25) is 0 Å². The van der Waals surface area contributed by atoms with Gasteiger partial charge in [-0.15, -0.1) is 0 Å². The number of fused-ring (bicyclic) bond motifs is 1. The van der Waals surface area contributed by atoms with E-state index in [4.69, 9.17) is 4.42 Å². The molecule has 1 aliphatic carbocycles. The molecule has 1 amide bonds. The lowest BCUT2D eigenvalue weighted by atomic mass is 9.76. The zero-order chi connectivity index (χ0) is 17.4. The molecule has 0 radical (unpaired) electrons. The third-order valence-electron chi connectivity index (χ3n) is 4.88. The summed E-state index contributed by atoms with van der Waals surface area (Å²) in [4.78, 5) is 17.1. The maximum Gasteiger partial charge on any atom is 0.287 e. The Bertz CT molecular complexity index is 898. The predicted molar refractivity (Wildman–Crippen MR) is 94.1 cm³/mol. The van der Waals surface area contributed by atoms with E-state index in [9.17, 15) is 9.90 Å². The van der Waals surface area contributed by atoms with E-state index in [0.29, 0.717) is 18.6 Å². The third kappa shape index (κ3) is 3.03. The molecule has 0 bridgehead atoms. The first-order valence-corrected chi connectivity index (χ1v) is 8.51. The van der Waals surface area contributed by atoms with Gasteiger partial charge in [0.15, 0.2) is 5.76 Å². The van der Waals surface area contributed by atoms with Gasteiger partial charge in [0, 0.05) is 11.6 Å². The number of amides is 1. The zero-order valence-corrected chi connectivity index (χ0v) is 14.0. The Morgan fingerprint density at radius 1 is 1.28 bits per heavy atom. The number of benzene rings is 1. The number of hydrogen-bond donors (Lipinski definition) is 2. The van der Waals surface area contributed by atoms with Crippen LogP contribution in [-0.2, 0) is 0 Å². The number of pyridine rings is 1. The molecule has 0 aliphatic heterocycles. The van der Waals surface area contributed by atoms with Crippen LogP contribution in [0.25, 0.3) is 11.0 Å². The number of aromatic nitrogens is 1. The molecule has 0 saturated heterocycles. The third-order valence-corrected chi connectivity index (χ3v) is 4.88. The van der Waals surface area contributed by atoms with Crippen LogP contribution in [0.3, 0.4) is 0 Å². The van der Waals surface area contributed by atoms with Crippen molar-refractivity contribution < 1.29 is 14.3 Å². The number of hydrogen-bond acceptors (Lipinski definition) is 4. The lowest BCUT2D eigenvalue weighted by molar-refractivity contribution is 0.0225. The minimum Gasteiger partial charge on any atom is -0.451 e. The SMILES string of the molecule is Cc1cccc2cc(C(=O)NC(c3ccccn3)C3CC(O)C3)oc12. The molecular formula is C20H20N2O3. The van der Waals surface area contributed by atoms with Crippen molar-refractivity contribution in [1.82, 2.24) is 10.3 Å². The fraction of sp³-hybridized carbons (Fsp3) is 0.300. The number of nitrogens with one attached hydrogen (secondary N) is 1. The van der Waals surface area contributed by atoms with Crippen LogP contribution in [0.15, 0.2) is 53.1 Å². The number of rotatable bonds is 4. The second-order valence-corrected chi connectivity index (χ2v) is 6.69. The number of aliphatic hydroxyl groups is 1. The van der Waals surface area contributed by atoms with Gasteiger partial charge in [0.2, 0.25) is 0 Å². The highest BCUT2D eigenvalue weighted by atomic mass is 16.3. The summed E-state index contributed by atoms with van der Waals surface area (Å²) in [7, 11) is 0. The molecular weight excluding hydrogens is 316 g/mol. The summed E-state index contributed by atoms with van der Waals surface area (Å²) >= 11 is 0. The van der Waals surface area contributed by atoms with Crippen LogP contribution in [0.4, 0.5) is 0 Å². The lowest BCUT2D eigenvalue weighted by Gasteiger charge is -2.37. The van der Waals surface area contributed by atoms with Crippen LogP contribution in [0.1, 0.15) is 40.7 Å². The van der Waals surface area contributed by atoms with Crippen molar-refractivity contribution in [2.75, 3.05) is 0 Å². The Hall–Kier alpha value is -2.66. The molecule has 1 atom stereocenters. The van der Waals surface area contributed by atoms with Gasteiger partial charge in [-0.25, -0.2) is 0 Å². The highest BCUT2D eigenvalue weighted by molar-refractivity contribution is 5.96. The van der Waals surface area contributed by atoms with Crippen molar-refractivity contribution in [2.24, 2.45) is 5.92 Å². The van der Waals surface area contributed by atoms with Gasteiger partial charge in [0.05, 0.1) is 17.8 Å². The number of aliphatic hydroxyl groups excluding tert-OH is 1. The fourth-order valence-electron chi connectivity index (χ4n) is 3.43. The summed E-state index contributed by atoms with van der Waals surface area (Å²) in [6.45, 7) is 1.96. The summed E-state index contributed by atoms with van der Waals surface area (Å²) < 4.78 is 5.77. The average molecular weight is 336 g/mol. The number of nitrogens with zero attached hydrogens (tertiary/aromatic N) is 1. The molecule has 3 aromatic rings. The molecule has 4 rings (SSSR count). The van der Waals surface area contributed by atoms with Crippen LogP contribution in [0.5, 0.6) is 0 Å². The van der Waals surface area contributed by atoms with Gasteiger partial charge >= 0.3 is 0 Å². The summed E-state index contributed by atoms with van der Waals surface area (Å²) in [6, 6.07) is 13.0. The summed E-state index contributed by atoms with van der Waals surface area (Å²) in [5.74, 6) is 0.220. The molecule has 0 spiro atoms. The predicted octanol–water partition coefficient (Wildman–Crippen LogP) is 3.38. The van der Waals surface area contributed by atoms with Gasteiger partial charge < -0.3 is 14.8 Å². The van der Waals surface area contributed by atoms with E-state index in [1.165, 1.54) is 0 Å². The molecule has 5 heteroatoms. The van der Waals surface area contributed by atoms with Gasteiger partial charge in [0.1, 0.15) is 5.58 Å². The van der Waals surface area contributed by atoms with Gasteiger partial charge in [-0.3, -0.25) is 9.78 Å². The Labute approximate surface area is 145 Å². The van der Waals surface area contributed by atoms with Crippen molar-refractivity contribution >= 4 is 16.9 Å². The number of carbonyl (C=O) groups excluding carboxylic acids is 1. The van der Waals surface area contributed by atoms with E-state index in [1.54, 1.807) is 12.3 Å². The molecule has 25 heavy (non-hydrogen) atoms. The van der Waals surface area contributed by atoms with Gasteiger partial charge in [-0.2, -0.15) is 0 Å². The summed E-state index contributed by atoms with van der Waals surface area (Å²) in [6.07, 6.45) is 2.76. The first kappa shape index (κ1) is 15.8. The number of furan rings is 1. The highest BCUT2D eigenvalue weighted by Gasteiger charge is 2.36. The molecule has 1 aliphatic rings. The van der Waals surface area contributed by atoms with E-state index >= 15 is 0 Å². The maximum atomic E-state index is 12.7. The van der Waals surface area contributed by atoms with Gasteiger partial charge in [-0.1, -0.05) is 24.3 Å². The second kappa shape index (κ2) is 6.33. The maximum absolute atomic E-state index is 12.7. The van der Waals surface area contributed by atoms with E-state index in [-0.39, 0.29) is 24.0 Å². The molecule has 5 nitrogen and oxygen atoms in total. The Balaban J connectivity index is 1.60. The van der Waals surface area contributed by atoms with Crippen LogP contribution < -0.4 is 5.32 Å². The molecule has 1 aromatic carbocycles. The van der Waals surface area contributed by atoms with Crippen LogP contribution in [0, 0.1) is 12.8 Å². The normalized spacial score (nSPS) is 20.9. The van der Waals surface area contributed by atoms with Gasteiger partial charge in [0.25, 0.3) is 5.91 Å². The standard InChI is InChI=1S/C20H20N2O3/c1-12-5-4-6-13-11-17(25-19(12)13)20(24)22-18(14-9-15(23)10-14)16-7-2-3-8-21-16/h2-8,11,14-15,18,23H,9-10H2,1H3,(H,22,24). The molecule has 1 saturated carbocycles. The van der Waals surface area contributed by atoms with Crippen molar-refractivity contribution in [3.63, 3.8) is 0 Å². The largest absolute Gasteiger partial charge is 0.451 e. The van der Waals surface area contributed by atoms with Crippen molar-refractivity contribution in [1.29, 1.82) is 0 Å². The smallest absolute Gasteiger partial charge is 0.287 e. The molecule has 2 aromatic heterocycles. The molecule has 2 N–H and O–H groups in total. The highest BCUT2D eigenvalue weighted by Crippen LogP contribution is 2.37. The van der Waals surface area contributed by atoms with E-state index in [1.807, 2.05) is 43.3 Å². The second-order valence-electron chi connectivity index (χ2n) is 6.69. The number of carbonyl (C=O) groups is 1. The average Bonchev–Trinajstić information content (AvgIpc) is 3.04. The summed E-state index contributed by atoms with van der Waals surface area (Å²) in [5.41, 5.74) is 2.54. The first-order chi connectivity index (χ1) is 12.1. The van der Waals surface area contributed by atoms with E-state index < -0.39 is 0 Å². The first-order valence-electron chi connectivity index (χ1n) is 8.51.